The zero-order chi connectivity index (χ0) is 30.5. The first-order chi connectivity index (χ1) is 21.4. The summed E-state index contributed by atoms with van der Waals surface area (Å²) < 4.78 is 11.2. The van der Waals surface area contributed by atoms with Crippen LogP contribution in [0.15, 0.2) is 61.1 Å². The summed E-state index contributed by atoms with van der Waals surface area (Å²) in [5.74, 6) is 1.13. The van der Waals surface area contributed by atoms with Gasteiger partial charge in [0, 0.05) is 56.2 Å². The lowest BCUT2D eigenvalue weighted by Crippen LogP contribution is -2.56. The monoisotopic (exact) mass is 596 g/mol. The predicted octanol–water partition coefficient (Wildman–Crippen LogP) is 2.80. The maximum atomic E-state index is 12.0. The van der Waals surface area contributed by atoms with E-state index in [2.05, 4.69) is 48.3 Å². The normalized spacial score (nSPS) is 19.9. The third-order valence-electron chi connectivity index (χ3n) is 8.25. The summed E-state index contributed by atoms with van der Waals surface area (Å²) in [7, 11) is 0. The molecule has 0 spiro atoms. The molecule has 44 heavy (non-hydrogen) atoms. The maximum Gasteiger partial charge on any atom is 0.251 e. The molecule has 2 atom stereocenters. The molecule has 2 N–H and O–H groups in total. The summed E-state index contributed by atoms with van der Waals surface area (Å²) in [6, 6.07) is 16.1. The molecule has 1 amide bonds. The van der Waals surface area contributed by atoms with Gasteiger partial charge in [-0.2, -0.15) is 10.2 Å². The van der Waals surface area contributed by atoms with Crippen LogP contribution in [0.5, 0.6) is 5.75 Å². The van der Waals surface area contributed by atoms with E-state index in [1.54, 1.807) is 29.4 Å². The van der Waals surface area contributed by atoms with Gasteiger partial charge >= 0.3 is 0 Å². The lowest BCUT2D eigenvalue weighted by Gasteiger charge is -2.43. The maximum absolute atomic E-state index is 12.0. The van der Waals surface area contributed by atoms with Gasteiger partial charge in [-0.1, -0.05) is 0 Å². The average Bonchev–Trinajstić information content (AvgIpc) is 3.49. The highest BCUT2D eigenvalue weighted by Gasteiger charge is 2.29. The molecule has 1 unspecified atom stereocenters. The zero-order valence-electron chi connectivity index (χ0n) is 24.7. The second kappa shape index (κ2) is 13.4. The van der Waals surface area contributed by atoms with Gasteiger partial charge in [-0.3, -0.25) is 9.69 Å². The zero-order valence-corrected chi connectivity index (χ0v) is 24.7. The van der Waals surface area contributed by atoms with E-state index in [1.165, 1.54) is 18.9 Å². The van der Waals surface area contributed by atoms with Crippen molar-refractivity contribution in [2.75, 3.05) is 62.7 Å². The summed E-state index contributed by atoms with van der Waals surface area (Å²) in [4.78, 5) is 31.8. The molecule has 3 fully saturated rings. The van der Waals surface area contributed by atoms with Gasteiger partial charge in [-0.05, 0) is 67.8 Å². The van der Waals surface area contributed by atoms with Crippen molar-refractivity contribution in [2.24, 2.45) is 5.92 Å². The predicted molar refractivity (Wildman–Crippen MR) is 164 cm³/mol. The van der Waals surface area contributed by atoms with Crippen molar-refractivity contribution in [2.45, 2.75) is 25.5 Å². The summed E-state index contributed by atoms with van der Waals surface area (Å²) in [6.45, 7) is 8.39. The first-order valence-electron chi connectivity index (χ1n) is 14.9. The van der Waals surface area contributed by atoms with Crippen LogP contribution in [0.3, 0.4) is 0 Å². The van der Waals surface area contributed by atoms with Crippen LogP contribution in [0.2, 0.25) is 0 Å². The molecule has 0 saturated carbocycles. The van der Waals surface area contributed by atoms with Crippen molar-refractivity contribution < 1.29 is 19.4 Å². The highest BCUT2D eigenvalue weighted by molar-refractivity contribution is 5.80. The Balaban J connectivity index is 1.07. The number of aromatic nitrogens is 3. The van der Waals surface area contributed by atoms with Crippen LogP contribution >= 0.6 is 0 Å². The number of amides is 1. The van der Waals surface area contributed by atoms with Crippen molar-refractivity contribution in [1.29, 1.82) is 5.26 Å². The Labute approximate surface area is 256 Å². The molecule has 3 saturated heterocycles. The summed E-state index contributed by atoms with van der Waals surface area (Å²) >= 11 is 0. The quantitative estimate of drug-likeness (QED) is 0.353. The third kappa shape index (κ3) is 6.97. The second-order valence-electron chi connectivity index (χ2n) is 11.3. The van der Waals surface area contributed by atoms with E-state index in [0.29, 0.717) is 47.8 Å². The average molecular weight is 597 g/mol. The first kappa shape index (κ1) is 29.5. The Bertz CT molecular complexity index is 1530. The number of carbonyl (C=O) groups is 1. The number of carbonyl (C=O) groups excluding carboxylic acids is 1. The number of hydrogen-bond acceptors (Lipinski definition) is 11. The van der Waals surface area contributed by atoms with Crippen LogP contribution in [0.4, 0.5) is 17.3 Å². The molecule has 0 radical (unpaired) electrons. The van der Waals surface area contributed by atoms with Crippen molar-refractivity contribution >= 4 is 23.2 Å². The van der Waals surface area contributed by atoms with Gasteiger partial charge in [0.1, 0.15) is 18.2 Å². The molecule has 12 nitrogen and oxygen atoms in total. The number of nitriles is 1. The van der Waals surface area contributed by atoms with Crippen molar-refractivity contribution in [3.05, 3.63) is 66.7 Å². The Hall–Kier alpha value is -4.57. The van der Waals surface area contributed by atoms with E-state index in [9.17, 15) is 15.2 Å². The summed E-state index contributed by atoms with van der Waals surface area (Å²) in [6.07, 6.45) is 4.70. The van der Waals surface area contributed by atoms with Gasteiger partial charge in [0.05, 0.1) is 37.2 Å². The number of aliphatic hydroxyl groups is 1. The number of likely N-dealkylation sites (tertiary alicyclic amines) is 1. The number of benzene rings is 2. The van der Waals surface area contributed by atoms with Crippen LogP contribution in [0.1, 0.15) is 18.9 Å². The molecular weight excluding hydrogens is 560 g/mol. The molecule has 2 aromatic carbocycles. The van der Waals surface area contributed by atoms with Gasteiger partial charge in [-0.25, -0.2) is 9.97 Å². The molecule has 0 bridgehead atoms. The van der Waals surface area contributed by atoms with Gasteiger partial charge < -0.3 is 29.7 Å². The Morgan fingerprint density at radius 2 is 1.93 bits per heavy atom. The molecule has 3 aliphatic heterocycles. The molecule has 6 rings (SSSR count). The molecule has 4 heterocycles. The molecule has 228 valence electrons. The minimum absolute atomic E-state index is 0.125. The van der Waals surface area contributed by atoms with Gasteiger partial charge in [-0.15, -0.1) is 0 Å². The molecule has 0 aliphatic carbocycles. The fourth-order valence-corrected chi connectivity index (χ4v) is 5.66. The van der Waals surface area contributed by atoms with Gasteiger partial charge in [0.25, 0.3) is 5.91 Å². The van der Waals surface area contributed by atoms with Crippen molar-refractivity contribution in [3.63, 3.8) is 0 Å². The number of nitrogens with zero attached hydrogens (tertiary/aromatic N) is 7. The highest BCUT2D eigenvalue weighted by atomic mass is 16.5. The summed E-state index contributed by atoms with van der Waals surface area (Å²) in [5.41, 5.74) is 3.07. The minimum Gasteiger partial charge on any atom is -0.465 e. The standard InChI is InChI=1S/C32H36N8O4/c1-22(41)31(42)40-8-6-23(18-40)7-13-44-29-15-24(17-33)14-25(16-29)30-34-21-35-32(37-30)36-26-2-4-27(5-3-26)38-9-11-39(12-10-38)28-19-43-20-28/h2-5,7,13-16,21-23,28,41H,6,8-12,18-20H2,1H3,(H,34,35,36,37)/b13-7+/t22?,23-/m1/s1. The van der Waals surface area contributed by atoms with E-state index in [4.69, 9.17) is 9.47 Å². The fraction of sp³-hybridized carbons (Fsp3) is 0.406. The molecule has 3 aliphatic rings. The number of ether oxygens (including phenoxy) is 2. The van der Waals surface area contributed by atoms with Gasteiger partial charge in [0.15, 0.2) is 5.82 Å². The van der Waals surface area contributed by atoms with Crippen LogP contribution < -0.4 is 15.0 Å². The van der Waals surface area contributed by atoms with E-state index >= 15 is 0 Å². The number of nitrogens with one attached hydrogen (secondary N) is 1. The van der Waals surface area contributed by atoms with Crippen LogP contribution in [-0.4, -0.2) is 100 Å². The Kier molecular flexibility index (Phi) is 8.97. The van der Waals surface area contributed by atoms with Crippen molar-refractivity contribution in [3.8, 4) is 23.2 Å². The minimum atomic E-state index is -1.00. The highest BCUT2D eigenvalue weighted by Crippen LogP contribution is 2.27. The number of hydrogen-bond donors (Lipinski definition) is 2. The molecule has 3 aromatic rings. The Morgan fingerprint density at radius 1 is 1.14 bits per heavy atom. The first-order valence-corrected chi connectivity index (χ1v) is 14.9. The van der Waals surface area contributed by atoms with Crippen molar-refractivity contribution in [1.82, 2.24) is 24.8 Å². The van der Waals surface area contributed by atoms with E-state index in [0.717, 1.165) is 51.5 Å². The largest absolute Gasteiger partial charge is 0.465 e. The summed E-state index contributed by atoms with van der Waals surface area (Å²) in [5, 5.41) is 22.4. The second-order valence-corrected chi connectivity index (χ2v) is 11.3. The molecule has 1 aromatic heterocycles. The lowest BCUT2D eigenvalue weighted by atomic mass is 10.1. The van der Waals surface area contributed by atoms with Crippen LogP contribution in [0, 0.1) is 17.2 Å². The number of piperazine rings is 1. The van der Waals surface area contributed by atoms with E-state index in [-0.39, 0.29) is 11.8 Å². The lowest BCUT2D eigenvalue weighted by molar-refractivity contribution is -0.138. The van der Waals surface area contributed by atoms with Crippen LogP contribution in [0.25, 0.3) is 11.4 Å². The van der Waals surface area contributed by atoms with Crippen LogP contribution in [-0.2, 0) is 9.53 Å². The molecule has 12 heteroatoms. The van der Waals surface area contributed by atoms with E-state index < -0.39 is 6.10 Å². The number of aliphatic hydroxyl groups excluding tert-OH is 1. The number of anilines is 3. The third-order valence-corrected chi connectivity index (χ3v) is 8.25. The SMILES string of the molecule is CC(O)C(=O)N1CC[C@H](/C=C/Oc2cc(C#N)cc(-c3ncnc(Nc4ccc(N5CCN(C6COC6)CC5)cc4)n3)c2)C1. The van der Waals surface area contributed by atoms with E-state index in [1.807, 2.05) is 18.2 Å². The fourth-order valence-electron chi connectivity index (χ4n) is 5.66. The number of rotatable bonds is 9. The topological polar surface area (TPSA) is 140 Å². The van der Waals surface area contributed by atoms with Gasteiger partial charge in [0.2, 0.25) is 5.95 Å². The molecular formula is C32H36N8O4. The smallest absolute Gasteiger partial charge is 0.251 e. The Morgan fingerprint density at radius 3 is 2.64 bits per heavy atom.